The van der Waals surface area contributed by atoms with Gasteiger partial charge < -0.3 is 0 Å². The molecular weight excluding hydrogens is 723 g/mol. The van der Waals surface area contributed by atoms with Crippen LogP contribution in [0.1, 0.15) is 69.9 Å². The van der Waals surface area contributed by atoms with Crippen LogP contribution in [0.5, 0.6) is 0 Å². The zero-order valence-electron chi connectivity index (χ0n) is 34.2. The number of hydrogen-bond acceptors (Lipinski definition) is 0. The van der Waals surface area contributed by atoms with Crippen LogP contribution in [0, 0.1) is 11.8 Å². The van der Waals surface area contributed by atoms with Crippen LogP contribution in [0.15, 0.2) is 194 Å². The van der Waals surface area contributed by atoms with Gasteiger partial charge in [0, 0.05) is 0 Å². The van der Waals surface area contributed by atoms with Crippen molar-refractivity contribution in [2.75, 3.05) is 6.16 Å². The first-order valence-corrected chi connectivity index (χ1v) is 25.9. The average molecular weight is 783 g/mol. The summed E-state index contributed by atoms with van der Waals surface area (Å²) in [4.78, 5) is 0. The number of rotatable bonds is 13. The molecule has 0 bridgehead atoms. The molecule has 290 valence electrons. The molecule has 7 aromatic carbocycles. The summed E-state index contributed by atoms with van der Waals surface area (Å²) in [6.45, 7) is 6.94. The van der Waals surface area contributed by atoms with E-state index >= 15 is 0 Å². The molecule has 0 aliphatic heterocycles. The van der Waals surface area contributed by atoms with Crippen molar-refractivity contribution in [2.45, 2.75) is 65.0 Å². The minimum absolute atomic E-state index is 0.515. The zero-order chi connectivity index (χ0) is 39.1. The monoisotopic (exact) mass is 782 g/mol. The Hall–Kier alpha value is -4.60. The van der Waals surface area contributed by atoms with Crippen molar-refractivity contribution in [3.05, 3.63) is 205 Å². The molecule has 1 saturated carbocycles. The molecule has 0 atom stereocenters. The standard InChI is InChI=1S/C55H60P2/c1-4-44-28-30-45(31-29-44)41-56(50-19-9-5-10-20-50,51-21-11-6-12-22-51)54-38-36-48(37-39-54)49-18-17-27-55(40-49)57(52-23-13-7-14-24-52,53-25-15-8-16-26-53)42-46-32-34-47(35-33-46)43(2)3/h5-27,32-40,43-45,56-57H,4,28-31,41-42H2,1-3H3. The molecule has 0 amide bonds. The summed E-state index contributed by atoms with van der Waals surface area (Å²) >= 11 is 0. The maximum absolute atomic E-state index is 2.54. The Morgan fingerprint density at radius 3 is 1.33 bits per heavy atom. The van der Waals surface area contributed by atoms with E-state index in [4.69, 9.17) is 0 Å². The van der Waals surface area contributed by atoms with E-state index in [9.17, 15) is 0 Å². The molecule has 1 aliphatic carbocycles. The second-order valence-corrected chi connectivity index (χ2v) is 24.9. The van der Waals surface area contributed by atoms with Gasteiger partial charge in [-0.05, 0) is 0 Å². The Balaban J connectivity index is 1.23. The predicted octanol–water partition coefficient (Wildman–Crippen LogP) is 11.9. The van der Waals surface area contributed by atoms with Gasteiger partial charge in [0.05, 0.1) is 0 Å². The first-order chi connectivity index (χ1) is 28.0. The molecule has 0 spiro atoms. The molecule has 1 aliphatic rings. The van der Waals surface area contributed by atoms with Gasteiger partial charge in [-0.25, -0.2) is 0 Å². The third kappa shape index (κ3) is 8.24. The SMILES string of the molecule is CCC1CCC(C[PH](c2ccccc2)(c2ccccc2)c2ccc(-c3cccc([PH](Cc4ccc(C(C)C)cc4)(c4ccccc4)c4ccccc4)c3)cc2)CC1. The van der Waals surface area contributed by atoms with Gasteiger partial charge in [0.15, 0.2) is 0 Å². The van der Waals surface area contributed by atoms with E-state index in [1.54, 1.807) is 0 Å². The van der Waals surface area contributed by atoms with Gasteiger partial charge in [0.1, 0.15) is 0 Å². The van der Waals surface area contributed by atoms with Gasteiger partial charge in [-0.15, -0.1) is 0 Å². The summed E-state index contributed by atoms with van der Waals surface area (Å²) in [6, 6.07) is 74.9. The molecule has 0 unspecified atom stereocenters. The fourth-order valence-corrected chi connectivity index (χ4v) is 20.1. The Bertz CT molecular complexity index is 2210. The fraction of sp³-hybridized carbons (Fsp3) is 0.236. The summed E-state index contributed by atoms with van der Waals surface area (Å²) in [5.41, 5.74) is 5.38. The summed E-state index contributed by atoms with van der Waals surface area (Å²) < 4.78 is 0. The molecule has 0 heterocycles. The Labute approximate surface area is 344 Å². The van der Waals surface area contributed by atoms with Crippen LogP contribution in [0.4, 0.5) is 0 Å². The van der Waals surface area contributed by atoms with E-state index in [-0.39, 0.29) is 0 Å². The van der Waals surface area contributed by atoms with E-state index < -0.39 is 14.5 Å². The topological polar surface area (TPSA) is 0 Å². The van der Waals surface area contributed by atoms with Crippen molar-refractivity contribution in [2.24, 2.45) is 11.8 Å². The molecule has 8 rings (SSSR count). The van der Waals surface area contributed by atoms with Gasteiger partial charge in [-0.1, -0.05) is 0 Å². The first-order valence-electron chi connectivity index (χ1n) is 21.5. The molecule has 0 radical (unpaired) electrons. The molecule has 7 aromatic rings. The van der Waals surface area contributed by atoms with Crippen LogP contribution < -0.4 is 31.8 Å². The Morgan fingerprint density at radius 1 is 0.421 bits per heavy atom. The van der Waals surface area contributed by atoms with Crippen LogP contribution in [0.2, 0.25) is 0 Å². The predicted molar refractivity (Wildman–Crippen MR) is 257 cm³/mol. The van der Waals surface area contributed by atoms with E-state index in [1.165, 1.54) is 92.3 Å². The first kappa shape index (κ1) is 39.2. The van der Waals surface area contributed by atoms with E-state index in [0.29, 0.717) is 5.92 Å². The molecule has 57 heavy (non-hydrogen) atoms. The van der Waals surface area contributed by atoms with Crippen LogP contribution in [0.25, 0.3) is 11.1 Å². The van der Waals surface area contributed by atoms with Crippen molar-refractivity contribution in [1.82, 2.24) is 0 Å². The van der Waals surface area contributed by atoms with Gasteiger partial charge in [-0.2, -0.15) is 0 Å². The van der Waals surface area contributed by atoms with Crippen LogP contribution >= 0.6 is 14.5 Å². The van der Waals surface area contributed by atoms with E-state index in [0.717, 1.165) is 18.0 Å². The Morgan fingerprint density at radius 2 is 0.860 bits per heavy atom. The molecule has 0 aromatic heterocycles. The van der Waals surface area contributed by atoms with Crippen LogP contribution in [0.3, 0.4) is 0 Å². The molecule has 0 saturated heterocycles. The second kappa shape index (κ2) is 17.9. The average Bonchev–Trinajstić information content (AvgIpc) is 3.29. The van der Waals surface area contributed by atoms with Gasteiger partial charge in [0.25, 0.3) is 0 Å². The normalized spacial score (nSPS) is 16.6. The molecule has 1 fully saturated rings. The van der Waals surface area contributed by atoms with Crippen molar-refractivity contribution in [1.29, 1.82) is 0 Å². The third-order valence-corrected chi connectivity index (χ3v) is 23.4. The molecule has 0 nitrogen and oxygen atoms in total. The van der Waals surface area contributed by atoms with E-state index in [1.807, 2.05) is 0 Å². The van der Waals surface area contributed by atoms with Crippen LogP contribution in [-0.2, 0) is 6.16 Å². The van der Waals surface area contributed by atoms with Crippen molar-refractivity contribution in [3.63, 3.8) is 0 Å². The summed E-state index contributed by atoms with van der Waals surface area (Å²) in [5, 5.41) is 8.95. The second-order valence-electron chi connectivity index (χ2n) is 17.0. The van der Waals surface area contributed by atoms with Gasteiger partial charge in [0.2, 0.25) is 0 Å². The zero-order valence-corrected chi connectivity index (χ0v) is 36.2. The van der Waals surface area contributed by atoms with Crippen molar-refractivity contribution >= 4 is 46.4 Å². The van der Waals surface area contributed by atoms with E-state index in [2.05, 4.69) is 215 Å². The number of benzene rings is 7. The number of hydrogen-bond donors (Lipinski definition) is 0. The minimum atomic E-state index is -2.53. The maximum atomic E-state index is 2.54. The summed E-state index contributed by atoms with van der Waals surface area (Å²) in [6.07, 6.45) is 9.06. The van der Waals surface area contributed by atoms with Gasteiger partial charge >= 0.3 is 346 Å². The summed E-state index contributed by atoms with van der Waals surface area (Å²) in [5.74, 6) is 2.17. The third-order valence-electron chi connectivity index (χ3n) is 13.4. The Kier molecular flexibility index (Phi) is 12.3. The van der Waals surface area contributed by atoms with Crippen molar-refractivity contribution in [3.8, 4) is 11.1 Å². The molecule has 0 N–H and O–H groups in total. The molecule has 2 heteroatoms. The van der Waals surface area contributed by atoms with Gasteiger partial charge in [-0.3, -0.25) is 0 Å². The van der Waals surface area contributed by atoms with Crippen molar-refractivity contribution < 1.29 is 0 Å². The van der Waals surface area contributed by atoms with Crippen LogP contribution in [-0.4, -0.2) is 6.16 Å². The molecular formula is C55H60P2. The summed E-state index contributed by atoms with van der Waals surface area (Å²) in [7, 11) is -4.87. The fourth-order valence-electron chi connectivity index (χ4n) is 10.1. The quantitative estimate of drug-likeness (QED) is 0.102.